The number of furan rings is 1. The number of fused-ring (bicyclic) bond motifs is 11. The van der Waals surface area contributed by atoms with Gasteiger partial charge in [-0.1, -0.05) is 194 Å². The number of nitrogens with zero attached hydrogens (tertiary/aromatic N) is 3. The second kappa shape index (κ2) is 14.0. The molecular weight excluding hydrogens is 783 g/mol. The maximum atomic E-state index is 6.65. The largest absolute Gasteiger partial charge is 0.456 e. The van der Waals surface area contributed by atoms with E-state index in [9.17, 15) is 0 Å². The predicted molar refractivity (Wildman–Crippen MR) is 263 cm³/mol. The molecule has 13 rings (SSSR count). The highest BCUT2D eigenvalue weighted by molar-refractivity contribution is 7.20. The van der Waals surface area contributed by atoms with Gasteiger partial charge >= 0.3 is 0 Å². The van der Waals surface area contributed by atoms with Crippen molar-refractivity contribution in [2.75, 3.05) is 0 Å². The Labute approximate surface area is 365 Å². The van der Waals surface area contributed by atoms with Crippen molar-refractivity contribution < 1.29 is 4.42 Å². The topological polar surface area (TPSA) is 43.9 Å². The Morgan fingerprint density at radius 1 is 0.381 bits per heavy atom. The number of rotatable bonds is 6. The van der Waals surface area contributed by atoms with Crippen LogP contribution in [0, 0.1) is 0 Å². The van der Waals surface area contributed by atoms with Crippen LogP contribution in [-0.4, -0.2) is 22.6 Å². The summed E-state index contributed by atoms with van der Waals surface area (Å²) >= 11 is 0. The van der Waals surface area contributed by atoms with Gasteiger partial charge in [-0.15, -0.1) is 0 Å². The summed E-state index contributed by atoms with van der Waals surface area (Å²) < 4.78 is 9.03. The Kier molecular flexibility index (Phi) is 7.89. The van der Waals surface area contributed by atoms with Gasteiger partial charge in [0.25, 0.3) is 0 Å². The van der Waals surface area contributed by atoms with Crippen LogP contribution in [0.25, 0.3) is 94.5 Å². The third kappa shape index (κ3) is 5.27. The average Bonchev–Trinajstić information content (AvgIpc) is 3.86. The van der Waals surface area contributed by atoms with Crippen molar-refractivity contribution in [2.45, 2.75) is 0 Å². The number of hydrogen-bond donors (Lipinski definition) is 0. The van der Waals surface area contributed by atoms with Crippen LogP contribution in [0.1, 0.15) is 0 Å². The summed E-state index contributed by atoms with van der Waals surface area (Å²) in [5.41, 5.74) is 11.3. The zero-order valence-electron chi connectivity index (χ0n) is 34.1. The molecule has 12 aromatic rings. The van der Waals surface area contributed by atoms with Crippen LogP contribution in [0.5, 0.6) is 0 Å². The van der Waals surface area contributed by atoms with Crippen LogP contribution < -0.4 is 20.7 Å². The Bertz CT molecular complexity index is 3630. The first-order chi connectivity index (χ1) is 31.3. The van der Waals surface area contributed by atoms with E-state index in [1.54, 1.807) is 0 Å². The van der Waals surface area contributed by atoms with Crippen LogP contribution in [0.3, 0.4) is 0 Å². The molecule has 0 saturated heterocycles. The van der Waals surface area contributed by atoms with Gasteiger partial charge in [-0.3, -0.25) is 4.57 Å². The molecule has 0 saturated carbocycles. The number of hydrogen-bond acceptors (Lipinski definition) is 3. The van der Waals surface area contributed by atoms with Gasteiger partial charge in [0.15, 0.2) is 13.9 Å². The summed E-state index contributed by atoms with van der Waals surface area (Å²) in [6.07, 6.45) is 0. The molecule has 5 heteroatoms. The molecule has 0 spiro atoms. The fraction of sp³-hybridized carbons (Fsp3) is 0. The molecule has 63 heavy (non-hydrogen) atoms. The zero-order valence-corrected chi connectivity index (χ0v) is 35.1. The monoisotopic (exact) mass is 819 g/mol. The number of benzene rings is 9. The average molecular weight is 820 g/mol. The van der Waals surface area contributed by atoms with E-state index in [2.05, 4.69) is 229 Å². The Morgan fingerprint density at radius 3 is 1.63 bits per heavy atom. The fourth-order valence-electron chi connectivity index (χ4n) is 10.4. The molecule has 1 aliphatic rings. The highest BCUT2D eigenvalue weighted by Gasteiger charge is 2.41. The maximum Gasteiger partial charge on any atom is 0.179 e. The summed E-state index contributed by atoms with van der Waals surface area (Å²) in [5.74, 6) is 1.52. The molecule has 0 radical (unpaired) electrons. The van der Waals surface area contributed by atoms with Gasteiger partial charge in [0.05, 0.1) is 22.3 Å². The van der Waals surface area contributed by atoms with Crippen LogP contribution in [0.4, 0.5) is 0 Å². The third-order valence-corrected chi connectivity index (χ3v) is 17.9. The molecule has 0 aliphatic carbocycles. The second-order valence-electron chi connectivity index (χ2n) is 16.4. The number of aromatic nitrogens is 3. The lowest BCUT2D eigenvalue weighted by Crippen LogP contribution is -2.74. The van der Waals surface area contributed by atoms with E-state index in [-0.39, 0.29) is 0 Å². The quantitative estimate of drug-likeness (QED) is 0.124. The molecule has 0 atom stereocenters. The molecule has 0 N–H and O–H groups in total. The van der Waals surface area contributed by atoms with Gasteiger partial charge in [0.1, 0.15) is 17.0 Å². The molecule has 0 amide bonds. The van der Waals surface area contributed by atoms with Gasteiger partial charge in [-0.2, -0.15) is 0 Å². The van der Waals surface area contributed by atoms with Gasteiger partial charge in [-0.05, 0) is 62.2 Å². The first-order valence-electron chi connectivity index (χ1n) is 21.5. The van der Waals surface area contributed by atoms with E-state index >= 15 is 0 Å². The molecular formula is C58H37N3OSi. The Hall–Kier alpha value is -8.12. The van der Waals surface area contributed by atoms with Crippen molar-refractivity contribution in [2.24, 2.45) is 0 Å². The normalized spacial score (nSPS) is 12.1. The van der Waals surface area contributed by atoms with Crippen LogP contribution in [-0.2, 0) is 0 Å². The summed E-state index contributed by atoms with van der Waals surface area (Å²) in [7, 11) is -2.79. The lowest BCUT2D eigenvalue weighted by Gasteiger charge is -2.34. The molecule has 4 heterocycles. The van der Waals surface area contributed by atoms with Crippen molar-refractivity contribution in [1.29, 1.82) is 0 Å². The maximum absolute atomic E-state index is 6.65. The van der Waals surface area contributed by atoms with E-state index < -0.39 is 8.07 Å². The van der Waals surface area contributed by atoms with Gasteiger partial charge in [0, 0.05) is 38.2 Å². The lowest BCUT2D eigenvalue weighted by atomic mass is 9.92. The summed E-state index contributed by atoms with van der Waals surface area (Å²) in [6, 6.07) is 81.1. The third-order valence-electron chi connectivity index (χ3n) is 13.1. The van der Waals surface area contributed by atoms with E-state index in [1.165, 1.54) is 42.6 Å². The minimum atomic E-state index is -2.79. The molecule has 0 fully saturated rings. The molecule has 3 aromatic heterocycles. The summed E-state index contributed by atoms with van der Waals surface area (Å²) in [5, 5.41) is 9.79. The van der Waals surface area contributed by atoms with Crippen LogP contribution in [0.15, 0.2) is 229 Å². The fourth-order valence-corrected chi connectivity index (χ4v) is 15.2. The molecule has 0 unspecified atom stereocenters. The minimum absolute atomic E-state index is 0.657. The standard InChI is InChI=1S/C58H37N3OSi/c1-5-18-38(19-6-1)55-54-46-28-14-13-26-44(46)47-29-17-30-48-45-27-15-16-31-51(45)61(56(47)48)58(54)60-57(59-55)39-32-34-52-49(36-39)50-37-43(33-35-53(50)62-52)63(40-20-7-2-8-21-40,41-22-9-3-10-23-41)42-24-11-4-12-25-42/h1-37H. The highest BCUT2D eigenvalue weighted by atomic mass is 28.3. The number of para-hydroxylation sites is 2. The predicted octanol–water partition coefficient (Wildman–Crippen LogP) is 11.8. The van der Waals surface area contributed by atoms with E-state index in [4.69, 9.17) is 14.4 Å². The first-order valence-corrected chi connectivity index (χ1v) is 23.5. The Balaban J connectivity index is 1.09. The summed E-state index contributed by atoms with van der Waals surface area (Å²) in [6.45, 7) is 0. The van der Waals surface area contributed by atoms with Crippen molar-refractivity contribution in [3.05, 3.63) is 224 Å². The van der Waals surface area contributed by atoms with E-state index in [0.29, 0.717) is 5.82 Å². The molecule has 4 nitrogen and oxygen atoms in total. The smallest absolute Gasteiger partial charge is 0.179 e. The first kappa shape index (κ1) is 35.6. The van der Waals surface area contributed by atoms with Crippen LogP contribution in [0.2, 0.25) is 0 Å². The van der Waals surface area contributed by atoms with Crippen LogP contribution >= 0.6 is 0 Å². The van der Waals surface area contributed by atoms with Crippen molar-refractivity contribution in [3.8, 4) is 50.7 Å². The van der Waals surface area contributed by atoms with Crippen molar-refractivity contribution in [3.63, 3.8) is 0 Å². The SMILES string of the molecule is c1ccc(-c2nc(-c3ccc4oc5ccc([Si](c6ccccc6)(c6ccccc6)c6ccccc6)cc5c4c3)nc3c2-c2ccccc2-c2cccc4c5ccccc5n-3c24)cc1. The minimum Gasteiger partial charge on any atom is -0.456 e. The van der Waals surface area contributed by atoms with Crippen molar-refractivity contribution in [1.82, 2.24) is 14.5 Å². The van der Waals surface area contributed by atoms with Gasteiger partial charge in [0.2, 0.25) is 0 Å². The summed E-state index contributed by atoms with van der Waals surface area (Å²) in [4.78, 5) is 11.2. The highest BCUT2D eigenvalue weighted by Crippen LogP contribution is 2.49. The van der Waals surface area contributed by atoms with Gasteiger partial charge < -0.3 is 4.42 Å². The molecule has 0 bridgehead atoms. The lowest BCUT2D eigenvalue weighted by molar-refractivity contribution is 0.669. The van der Waals surface area contributed by atoms with Gasteiger partial charge in [-0.25, -0.2) is 9.97 Å². The molecule has 1 aliphatic heterocycles. The Morgan fingerprint density at radius 2 is 0.937 bits per heavy atom. The second-order valence-corrected chi connectivity index (χ2v) is 20.2. The van der Waals surface area contributed by atoms with E-state index in [1.807, 2.05) is 0 Å². The molecule has 9 aromatic carbocycles. The van der Waals surface area contributed by atoms with Crippen molar-refractivity contribution >= 4 is 72.6 Å². The zero-order chi connectivity index (χ0) is 41.5. The molecule has 294 valence electrons. The van der Waals surface area contributed by atoms with E-state index in [0.717, 1.165) is 66.7 Å².